The third-order valence-electron chi connectivity index (χ3n) is 2.79. The number of H-pyrrole nitrogens is 1. The zero-order valence-electron chi connectivity index (χ0n) is 11.1. The van der Waals surface area contributed by atoms with Gasteiger partial charge in [0.1, 0.15) is 6.61 Å². The molecule has 0 aliphatic heterocycles. The number of aromatic nitrogens is 2. The fourth-order valence-corrected chi connectivity index (χ4v) is 1.74. The number of rotatable bonds is 3. The number of aromatic amines is 1. The Morgan fingerprint density at radius 3 is 3.05 bits per heavy atom. The van der Waals surface area contributed by atoms with Crippen molar-refractivity contribution in [1.82, 2.24) is 15.3 Å². The fraction of sp³-hybridized carbons (Fsp3) is 0.200. The van der Waals surface area contributed by atoms with E-state index in [9.17, 15) is 4.79 Å². The summed E-state index contributed by atoms with van der Waals surface area (Å²) >= 11 is 0. The predicted octanol–water partition coefficient (Wildman–Crippen LogP) is 0.992. The van der Waals surface area contributed by atoms with Crippen LogP contribution in [0.5, 0.6) is 0 Å². The van der Waals surface area contributed by atoms with E-state index in [1.54, 1.807) is 18.6 Å². The zero-order valence-corrected chi connectivity index (χ0v) is 11.1. The van der Waals surface area contributed by atoms with Gasteiger partial charge in [0.05, 0.1) is 18.6 Å². The monoisotopic (exact) mass is 269 g/mol. The number of amides is 1. The van der Waals surface area contributed by atoms with E-state index in [1.807, 2.05) is 19.1 Å². The average Bonchev–Trinajstić information content (AvgIpc) is 2.97. The van der Waals surface area contributed by atoms with Gasteiger partial charge in [0.2, 0.25) is 0 Å². The van der Waals surface area contributed by atoms with E-state index >= 15 is 0 Å². The molecule has 3 N–H and O–H groups in total. The first-order valence-corrected chi connectivity index (χ1v) is 6.16. The molecule has 1 heterocycles. The highest BCUT2D eigenvalue weighted by Crippen LogP contribution is 2.11. The minimum absolute atomic E-state index is 0.162. The molecule has 0 unspecified atom stereocenters. The van der Waals surface area contributed by atoms with E-state index in [1.165, 1.54) is 0 Å². The van der Waals surface area contributed by atoms with Crippen molar-refractivity contribution >= 4 is 5.91 Å². The molecule has 1 amide bonds. The molecule has 0 aliphatic carbocycles. The number of aryl methyl sites for hydroxylation is 1. The lowest BCUT2D eigenvalue weighted by molar-refractivity contribution is 0.0950. The highest BCUT2D eigenvalue weighted by atomic mass is 16.2. The molecule has 0 fully saturated rings. The third kappa shape index (κ3) is 3.46. The first kappa shape index (κ1) is 13.8. The van der Waals surface area contributed by atoms with Crippen molar-refractivity contribution in [3.8, 4) is 11.8 Å². The van der Waals surface area contributed by atoms with Gasteiger partial charge in [0.15, 0.2) is 0 Å². The molecule has 102 valence electrons. The second-order valence-electron chi connectivity index (χ2n) is 4.25. The Balaban J connectivity index is 2.12. The Hall–Kier alpha value is -2.58. The molecule has 0 aliphatic rings. The number of aliphatic hydroxyl groups excluding tert-OH is 1. The average molecular weight is 269 g/mol. The smallest absolute Gasteiger partial charge is 0.251 e. The van der Waals surface area contributed by atoms with Gasteiger partial charge in [-0.15, -0.1) is 0 Å². The predicted molar refractivity (Wildman–Crippen MR) is 74.9 cm³/mol. The van der Waals surface area contributed by atoms with Crippen LogP contribution < -0.4 is 5.32 Å². The quantitative estimate of drug-likeness (QED) is 0.727. The molecule has 5 heteroatoms. The summed E-state index contributed by atoms with van der Waals surface area (Å²) in [6.07, 6.45) is 3.23. The summed E-state index contributed by atoms with van der Waals surface area (Å²) in [5.41, 5.74) is 3.00. The largest absolute Gasteiger partial charge is 0.384 e. The van der Waals surface area contributed by atoms with Gasteiger partial charge in [-0.25, -0.2) is 4.98 Å². The first-order chi connectivity index (χ1) is 9.70. The lowest BCUT2D eigenvalue weighted by atomic mass is 10.0. The Morgan fingerprint density at radius 2 is 2.35 bits per heavy atom. The summed E-state index contributed by atoms with van der Waals surface area (Å²) in [5.74, 6) is 5.19. The SMILES string of the molecule is Cc1ccc(C#CCO)cc1C(=O)NCc1cnc[nH]1. The second kappa shape index (κ2) is 6.55. The lowest BCUT2D eigenvalue weighted by Crippen LogP contribution is -2.23. The maximum absolute atomic E-state index is 12.1. The molecule has 0 radical (unpaired) electrons. The van der Waals surface area contributed by atoms with Crippen LogP contribution in [-0.2, 0) is 6.54 Å². The molecule has 0 saturated carbocycles. The number of hydrogen-bond acceptors (Lipinski definition) is 3. The van der Waals surface area contributed by atoms with Crippen molar-refractivity contribution in [2.45, 2.75) is 13.5 Å². The number of imidazole rings is 1. The number of aliphatic hydroxyl groups is 1. The number of carbonyl (C=O) groups excluding carboxylic acids is 1. The van der Waals surface area contributed by atoms with Crippen LogP contribution in [0.1, 0.15) is 27.2 Å². The summed E-state index contributed by atoms with van der Waals surface area (Å²) in [6.45, 7) is 2.06. The zero-order chi connectivity index (χ0) is 14.4. The molecule has 5 nitrogen and oxygen atoms in total. The van der Waals surface area contributed by atoms with Gasteiger partial charge >= 0.3 is 0 Å². The highest BCUT2D eigenvalue weighted by molar-refractivity contribution is 5.95. The number of nitrogens with one attached hydrogen (secondary N) is 2. The normalized spacial score (nSPS) is 9.70. The van der Waals surface area contributed by atoms with Crippen LogP contribution in [0, 0.1) is 18.8 Å². The van der Waals surface area contributed by atoms with E-state index < -0.39 is 0 Å². The summed E-state index contributed by atoms with van der Waals surface area (Å²) in [7, 11) is 0. The van der Waals surface area contributed by atoms with Gasteiger partial charge in [0, 0.05) is 17.3 Å². The van der Waals surface area contributed by atoms with Crippen molar-refractivity contribution in [3.05, 3.63) is 53.1 Å². The molecule has 0 saturated heterocycles. The molecular formula is C15H15N3O2. The molecule has 0 spiro atoms. The third-order valence-corrected chi connectivity index (χ3v) is 2.79. The Morgan fingerprint density at radius 1 is 1.50 bits per heavy atom. The van der Waals surface area contributed by atoms with Crippen molar-refractivity contribution in [2.75, 3.05) is 6.61 Å². The molecular weight excluding hydrogens is 254 g/mol. The standard InChI is InChI=1S/C15H15N3O2/c1-11-4-5-12(3-2-6-19)7-14(11)15(20)17-9-13-8-16-10-18-13/h4-5,7-8,10,19H,6,9H2,1H3,(H,16,18)(H,17,20). The Labute approximate surface area is 117 Å². The van der Waals surface area contributed by atoms with Gasteiger partial charge in [-0.3, -0.25) is 4.79 Å². The van der Waals surface area contributed by atoms with Crippen molar-refractivity contribution in [3.63, 3.8) is 0 Å². The second-order valence-corrected chi connectivity index (χ2v) is 4.25. The summed E-state index contributed by atoms with van der Waals surface area (Å²) in [4.78, 5) is 19.0. The molecule has 1 aromatic heterocycles. The van der Waals surface area contributed by atoms with Crippen LogP contribution in [-0.4, -0.2) is 27.6 Å². The van der Waals surface area contributed by atoms with E-state index in [-0.39, 0.29) is 12.5 Å². The summed E-state index contributed by atoms with van der Waals surface area (Å²) in [6, 6.07) is 5.39. The Kier molecular flexibility index (Phi) is 4.53. The van der Waals surface area contributed by atoms with Crippen LogP contribution in [0.4, 0.5) is 0 Å². The van der Waals surface area contributed by atoms with E-state index in [2.05, 4.69) is 27.1 Å². The van der Waals surface area contributed by atoms with Crippen LogP contribution in [0.3, 0.4) is 0 Å². The van der Waals surface area contributed by atoms with Crippen LogP contribution in [0.25, 0.3) is 0 Å². The lowest BCUT2D eigenvalue weighted by Gasteiger charge is -2.07. The summed E-state index contributed by atoms with van der Waals surface area (Å²) in [5, 5.41) is 11.5. The number of hydrogen-bond donors (Lipinski definition) is 3. The summed E-state index contributed by atoms with van der Waals surface area (Å²) < 4.78 is 0. The Bertz CT molecular complexity index is 651. The van der Waals surface area contributed by atoms with Gasteiger partial charge < -0.3 is 15.4 Å². The molecule has 1 aromatic carbocycles. The van der Waals surface area contributed by atoms with Crippen molar-refractivity contribution in [2.24, 2.45) is 0 Å². The number of nitrogens with zero attached hydrogens (tertiary/aromatic N) is 1. The van der Waals surface area contributed by atoms with Gasteiger partial charge in [-0.05, 0) is 24.6 Å². The maximum atomic E-state index is 12.1. The van der Waals surface area contributed by atoms with Gasteiger partial charge in [0.25, 0.3) is 5.91 Å². The maximum Gasteiger partial charge on any atom is 0.251 e. The van der Waals surface area contributed by atoms with Crippen molar-refractivity contribution in [1.29, 1.82) is 0 Å². The highest BCUT2D eigenvalue weighted by Gasteiger charge is 2.09. The molecule has 0 bridgehead atoms. The van der Waals surface area contributed by atoms with E-state index in [4.69, 9.17) is 5.11 Å². The van der Waals surface area contributed by atoms with Crippen molar-refractivity contribution < 1.29 is 9.90 Å². The van der Waals surface area contributed by atoms with Crippen LogP contribution >= 0.6 is 0 Å². The van der Waals surface area contributed by atoms with Gasteiger partial charge in [-0.2, -0.15) is 0 Å². The number of carbonyl (C=O) groups is 1. The molecule has 2 rings (SSSR count). The van der Waals surface area contributed by atoms with E-state index in [0.717, 1.165) is 11.3 Å². The molecule has 2 aromatic rings. The van der Waals surface area contributed by atoms with Gasteiger partial charge in [-0.1, -0.05) is 17.9 Å². The minimum Gasteiger partial charge on any atom is -0.384 e. The topological polar surface area (TPSA) is 78.0 Å². The molecule has 20 heavy (non-hydrogen) atoms. The number of benzene rings is 1. The van der Waals surface area contributed by atoms with E-state index in [0.29, 0.717) is 17.7 Å². The van der Waals surface area contributed by atoms with Crippen LogP contribution in [0.15, 0.2) is 30.7 Å². The van der Waals surface area contributed by atoms with Crippen LogP contribution in [0.2, 0.25) is 0 Å². The fourth-order valence-electron chi connectivity index (χ4n) is 1.74. The minimum atomic E-state index is -0.199. The molecule has 0 atom stereocenters. The first-order valence-electron chi connectivity index (χ1n) is 6.16.